The van der Waals surface area contributed by atoms with Crippen LogP contribution in [0.2, 0.25) is 0 Å². The molecule has 0 spiro atoms. The van der Waals surface area contributed by atoms with E-state index in [9.17, 15) is 21.6 Å². The van der Waals surface area contributed by atoms with Gasteiger partial charge in [0.25, 0.3) is 10.0 Å². The molecule has 0 saturated carbocycles. The number of hydrogen-bond acceptors (Lipinski definition) is 6. The lowest BCUT2D eigenvalue weighted by Crippen LogP contribution is -2.17. The summed E-state index contributed by atoms with van der Waals surface area (Å²) in [6.07, 6.45) is -4.87. The van der Waals surface area contributed by atoms with Crippen LogP contribution in [0.4, 0.5) is 18.9 Å². The van der Waals surface area contributed by atoms with Crippen molar-refractivity contribution in [2.24, 2.45) is 0 Å². The van der Waals surface area contributed by atoms with Gasteiger partial charge >= 0.3 is 6.36 Å². The van der Waals surface area contributed by atoms with Crippen LogP contribution in [0.25, 0.3) is 11.4 Å². The Morgan fingerprint density at radius 2 is 1.81 bits per heavy atom. The van der Waals surface area contributed by atoms with E-state index in [0.717, 1.165) is 24.3 Å². The second-order valence-electron chi connectivity index (χ2n) is 5.05. The summed E-state index contributed by atoms with van der Waals surface area (Å²) in [4.78, 5) is -0.251. The average Bonchev–Trinajstić information content (AvgIpc) is 3.10. The third kappa shape index (κ3) is 4.74. The fourth-order valence-electron chi connectivity index (χ4n) is 2.09. The molecule has 0 fully saturated rings. The molecule has 8 nitrogen and oxygen atoms in total. The van der Waals surface area contributed by atoms with E-state index in [4.69, 9.17) is 0 Å². The number of sulfonamides is 1. The third-order valence-electron chi connectivity index (χ3n) is 3.18. The smallest absolute Gasteiger partial charge is 0.406 e. The van der Waals surface area contributed by atoms with Crippen molar-refractivity contribution in [3.63, 3.8) is 0 Å². The number of aromatic nitrogens is 4. The highest BCUT2D eigenvalue weighted by molar-refractivity contribution is 9.10. The third-order valence-corrected chi connectivity index (χ3v) is 5.05. The van der Waals surface area contributed by atoms with Gasteiger partial charge in [0.1, 0.15) is 5.75 Å². The molecule has 3 aromatic rings. The maximum absolute atomic E-state index is 12.6. The summed E-state index contributed by atoms with van der Waals surface area (Å²) in [6.45, 7) is 0. The lowest BCUT2D eigenvalue weighted by atomic mass is 10.2. The first-order valence-electron chi connectivity index (χ1n) is 7.06. The van der Waals surface area contributed by atoms with Crippen LogP contribution in [0, 0.1) is 0 Å². The molecule has 0 unspecified atom stereocenters. The Morgan fingerprint density at radius 1 is 1.11 bits per heavy atom. The monoisotopic (exact) mass is 463 g/mol. The van der Waals surface area contributed by atoms with Crippen molar-refractivity contribution < 1.29 is 26.3 Å². The molecule has 0 aliphatic carbocycles. The van der Waals surface area contributed by atoms with Crippen molar-refractivity contribution in [1.29, 1.82) is 0 Å². The lowest BCUT2D eigenvalue weighted by Gasteiger charge is -2.12. The summed E-state index contributed by atoms with van der Waals surface area (Å²) in [6, 6.07) is 8.47. The van der Waals surface area contributed by atoms with Crippen molar-refractivity contribution in [2.75, 3.05) is 4.72 Å². The van der Waals surface area contributed by atoms with E-state index < -0.39 is 22.1 Å². The first-order chi connectivity index (χ1) is 12.6. The van der Waals surface area contributed by atoms with Crippen LogP contribution in [-0.4, -0.2) is 35.4 Å². The number of benzene rings is 2. The van der Waals surface area contributed by atoms with Crippen LogP contribution < -0.4 is 9.46 Å². The van der Waals surface area contributed by atoms with Gasteiger partial charge in [-0.2, -0.15) is 5.21 Å². The summed E-state index contributed by atoms with van der Waals surface area (Å²) in [5, 5.41) is 13.3. The summed E-state index contributed by atoms with van der Waals surface area (Å²) >= 11 is 3.27. The highest BCUT2D eigenvalue weighted by atomic mass is 79.9. The minimum atomic E-state index is -4.87. The van der Waals surface area contributed by atoms with Gasteiger partial charge in [-0.3, -0.25) is 4.72 Å². The molecule has 13 heteroatoms. The van der Waals surface area contributed by atoms with E-state index in [1.54, 1.807) is 12.1 Å². The van der Waals surface area contributed by atoms with Crippen molar-refractivity contribution >= 4 is 31.6 Å². The van der Waals surface area contributed by atoms with Gasteiger partial charge in [0.15, 0.2) is 0 Å². The molecule has 0 saturated heterocycles. The van der Waals surface area contributed by atoms with Crippen molar-refractivity contribution in [3.8, 4) is 17.1 Å². The number of rotatable bonds is 5. The number of halogens is 4. The Labute approximate surface area is 158 Å². The largest absolute Gasteiger partial charge is 0.573 e. The van der Waals surface area contributed by atoms with E-state index in [-0.39, 0.29) is 16.4 Å². The maximum Gasteiger partial charge on any atom is 0.573 e. The predicted octanol–water partition coefficient (Wildman–Crippen LogP) is 3.33. The standard InChI is InChI=1S/C14H9BrF3N5O3S/c15-8-1-6-12(11(7-8)13-19-22-23-20-13)21-27(24,25)10-4-2-9(3-5-10)26-14(16,17)18/h1-7,21H,(H,19,20,22,23). The van der Waals surface area contributed by atoms with E-state index in [2.05, 4.69) is 46.0 Å². The highest BCUT2D eigenvalue weighted by Gasteiger charge is 2.31. The molecule has 0 radical (unpaired) electrons. The zero-order valence-electron chi connectivity index (χ0n) is 13.0. The number of nitrogens with one attached hydrogen (secondary N) is 2. The summed E-state index contributed by atoms with van der Waals surface area (Å²) in [5.41, 5.74) is 0.508. The van der Waals surface area contributed by atoms with Crippen LogP contribution in [0.3, 0.4) is 0 Å². The van der Waals surface area contributed by atoms with Crippen LogP contribution in [-0.2, 0) is 10.0 Å². The summed E-state index contributed by atoms with van der Waals surface area (Å²) in [7, 11) is -4.09. The Balaban J connectivity index is 1.89. The molecule has 27 heavy (non-hydrogen) atoms. The Morgan fingerprint density at radius 3 is 2.41 bits per heavy atom. The normalized spacial score (nSPS) is 12.0. The van der Waals surface area contributed by atoms with Gasteiger partial charge < -0.3 is 4.74 Å². The second-order valence-corrected chi connectivity index (χ2v) is 7.65. The molecule has 1 heterocycles. The van der Waals surface area contributed by atoms with Crippen LogP contribution in [0.15, 0.2) is 51.8 Å². The molecule has 2 aromatic carbocycles. The van der Waals surface area contributed by atoms with E-state index in [0.29, 0.717) is 10.0 Å². The summed E-state index contributed by atoms with van der Waals surface area (Å²) < 4.78 is 68.4. The summed E-state index contributed by atoms with van der Waals surface area (Å²) in [5.74, 6) is -0.375. The molecule has 0 aliphatic heterocycles. The van der Waals surface area contributed by atoms with Gasteiger partial charge in [-0.1, -0.05) is 15.9 Å². The number of ether oxygens (including phenoxy) is 1. The number of alkyl halides is 3. The molecule has 142 valence electrons. The average molecular weight is 464 g/mol. The molecular formula is C14H9BrF3N5O3S. The molecule has 3 rings (SSSR count). The topological polar surface area (TPSA) is 110 Å². The number of anilines is 1. The van der Waals surface area contributed by atoms with Crippen molar-refractivity contribution in [3.05, 3.63) is 46.9 Å². The van der Waals surface area contributed by atoms with E-state index in [1.807, 2.05) is 0 Å². The predicted molar refractivity (Wildman–Crippen MR) is 91.2 cm³/mol. The first-order valence-corrected chi connectivity index (χ1v) is 9.34. The number of aromatic amines is 1. The van der Waals surface area contributed by atoms with Crippen LogP contribution in [0.1, 0.15) is 0 Å². The van der Waals surface area contributed by atoms with Crippen molar-refractivity contribution in [2.45, 2.75) is 11.3 Å². The van der Waals surface area contributed by atoms with E-state index >= 15 is 0 Å². The Kier molecular flexibility index (Phi) is 5.06. The van der Waals surface area contributed by atoms with Gasteiger partial charge in [0.05, 0.1) is 10.6 Å². The van der Waals surface area contributed by atoms with Crippen LogP contribution in [0.5, 0.6) is 5.75 Å². The molecule has 0 bridgehead atoms. The van der Waals surface area contributed by atoms with Gasteiger partial charge in [-0.25, -0.2) is 8.42 Å². The first kappa shape index (κ1) is 19.1. The molecule has 0 amide bonds. The highest BCUT2D eigenvalue weighted by Crippen LogP contribution is 2.30. The fraction of sp³-hybridized carbons (Fsp3) is 0.0714. The Bertz CT molecular complexity index is 1040. The van der Waals surface area contributed by atoms with Gasteiger partial charge in [0.2, 0.25) is 5.82 Å². The lowest BCUT2D eigenvalue weighted by molar-refractivity contribution is -0.274. The van der Waals surface area contributed by atoms with Crippen LogP contribution >= 0.6 is 15.9 Å². The van der Waals surface area contributed by atoms with Gasteiger partial charge in [-0.05, 0) is 47.7 Å². The minimum Gasteiger partial charge on any atom is -0.406 e. The zero-order chi connectivity index (χ0) is 19.7. The van der Waals surface area contributed by atoms with Crippen molar-refractivity contribution in [1.82, 2.24) is 20.6 Å². The molecule has 2 N–H and O–H groups in total. The van der Waals surface area contributed by atoms with Gasteiger partial charge in [-0.15, -0.1) is 23.4 Å². The number of hydrogen-bond donors (Lipinski definition) is 2. The number of H-pyrrole nitrogens is 1. The zero-order valence-corrected chi connectivity index (χ0v) is 15.4. The number of tetrazole rings is 1. The number of nitrogens with zero attached hydrogens (tertiary/aromatic N) is 3. The minimum absolute atomic E-state index is 0.155. The molecule has 1 aromatic heterocycles. The quantitative estimate of drug-likeness (QED) is 0.600. The molecule has 0 atom stereocenters. The Hall–Kier alpha value is -2.67. The maximum atomic E-state index is 12.6. The second kappa shape index (κ2) is 7.15. The molecular weight excluding hydrogens is 455 g/mol. The molecule has 0 aliphatic rings. The van der Waals surface area contributed by atoms with E-state index in [1.165, 1.54) is 6.07 Å². The van der Waals surface area contributed by atoms with Gasteiger partial charge in [0, 0.05) is 10.0 Å². The SMILES string of the molecule is O=S(=O)(Nc1ccc(Br)cc1-c1nn[nH]n1)c1ccc(OC(F)(F)F)cc1. The fourth-order valence-corrected chi connectivity index (χ4v) is 3.53.